The standard InChI is InChI=1S/C23H26N2.2ClH/c1-2-7-20(8-3-1)21-11-14-25(15-12-21)18-19-6-4-9-22(16-19)23-10-5-13-24-17-23;;/h1-3,5,7-8,10-11,13,16-17,19H,4,6,9,12,14-15,18H2;2*1H. The van der Waals surface area contributed by atoms with Crippen LogP contribution in [0, 0.1) is 5.92 Å². The van der Waals surface area contributed by atoms with Crippen LogP contribution in [0.2, 0.25) is 0 Å². The molecule has 4 heteroatoms. The van der Waals surface area contributed by atoms with Crippen molar-refractivity contribution in [3.05, 3.63) is 78.1 Å². The second kappa shape index (κ2) is 10.7. The Morgan fingerprint density at radius 2 is 1.74 bits per heavy atom. The number of aromatic nitrogens is 1. The van der Waals surface area contributed by atoms with E-state index in [9.17, 15) is 0 Å². The van der Waals surface area contributed by atoms with E-state index in [1.165, 1.54) is 54.6 Å². The summed E-state index contributed by atoms with van der Waals surface area (Å²) >= 11 is 0. The van der Waals surface area contributed by atoms with Crippen molar-refractivity contribution in [3.63, 3.8) is 0 Å². The highest BCUT2D eigenvalue weighted by Crippen LogP contribution is 2.31. The molecular formula is C23H28Cl2N2. The molecular weight excluding hydrogens is 375 g/mol. The van der Waals surface area contributed by atoms with Gasteiger partial charge < -0.3 is 0 Å². The van der Waals surface area contributed by atoms with Crippen LogP contribution in [-0.2, 0) is 0 Å². The molecule has 1 aliphatic heterocycles. The van der Waals surface area contributed by atoms with Gasteiger partial charge in [0.15, 0.2) is 0 Å². The summed E-state index contributed by atoms with van der Waals surface area (Å²) in [5.74, 6) is 0.677. The van der Waals surface area contributed by atoms with Gasteiger partial charge in [0.25, 0.3) is 0 Å². The van der Waals surface area contributed by atoms with Crippen molar-refractivity contribution in [1.29, 1.82) is 0 Å². The number of nitrogens with zero attached hydrogens (tertiary/aromatic N) is 2. The Morgan fingerprint density at radius 3 is 2.44 bits per heavy atom. The number of rotatable bonds is 4. The quantitative estimate of drug-likeness (QED) is 0.632. The molecule has 1 aromatic carbocycles. The van der Waals surface area contributed by atoms with Gasteiger partial charge in [-0.3, -0.25) is 9.88 Å². The lowest BCUT2D eigenvalue weighted by atomic mass is 9.87. The first-order valence-corrected chi connectivity index (χ1v) is 9.46. The van der Waals surface area contributed by atoms with E-state index in [0.29, 0.717) is 5.92 Å². The summed E-state index contributed by atoms with van der Waals surface area (Å²) in [5.41, 5.74) is 5.68. The van der Waals surface area contributed by atoms with Crippen molar-refractivity contribution >= 4 is 36.0 Å². The zero-order valence-electron chi connectivity index (χ0n) is 15.6. The molecule has 0 spiro atoms. The summed E-state index contributed by atoms with van der Waals surface area (Å²) in [6.45, 7) is 3.44. The Labute approximate surface area is 175 Å². The summed E-state index contributed by atoms with van der Waals surface area (Å²) in [6.07, 6.45) is 13.8. The first-order chi connectivity index (χ1) is 12.4. The largest absolute Gasteiger partial charge is 0.299 e. The third kappa shape index (κ3) is 5.68. The number of hydrogen-bond donors (Lipinski definition) is 0. The fourth-order valence-corrected chi connectivity index (χ4v) is 4.07. The molecule has 2 nitrogen and oxygen atoms in total. The monoisotopic (exact) mass is 402 g/mol. The SMILES string of the molecule is C1=C(c2cccnc2)CCCC1CN1CC=C(c2ccccc2)CC1.Cl.Cl. The highest BCUT2D eigenvalue weighted by atomic mass is 35.5. The predicted molar refractivity (Wildman–Crippen MR) is 120 cm³/mol. The summed E-state index contributed by atoms with van der Waals surface area (Å²) in [7, 11) is 0. The number of allylic oxidation sites excluding steroid dienone is 1. The summed E-state index contributed by atoms with van der Waals surface area (Å²) in [4.78, 5) is 6.89. The number of pyridine rings is 1. The van der Waals surface area contributed by atoms with Gasteiger partial charge in [-0.25, -0.2) is 0 Å². The minimum Gasteiger partial charge on any atom is -0.299 e. The average molecular weight is 403 g/mol. The molecule has 1 unspecified atom stereocenters. The normalized spacial score (nSPS) is 19.9. The molecule has 0 radical (unpaired) electrons. The van der Waals surface area contributed by atoms with Crippen molar-refractivity contribution in [2.45, 2.75) is 25.7 Å². The third-order valence-corrected chi connectivity index (χ3v) is 5.42. The van der Waals surface area contributed by atoms with Gasteiger partial charge in [0.05, 0.1) is 0 Å². The molecule has 0 saturated carbocycles. The highest BCUT2D eigenvalue weighted by Gasteiger charge is 2.19. The van der Waals surface area contributed by atoms with Gasteiger partial charge in [0.2, 0.25) is 0 Å². The fraction of sp³-hybridized carbons (Fsp3) is 0.348. The lowest BCUT2D eigenvalue weighted by molar-refractivity contribution is 0.262. The van der Waals surface area contributed by atoms with E-state index in [1.807, 2.05) is 18.5 Å². The smallest absolute Gasteiger partial charge is 0.0342 e. The van der Waals surface area contributed by atoms with Crippen LogP contribution in [-0.4, -0.2) is 29.5 Å². The molecule has 2 aliphatic rings. The van der Waals surface area contributed by atoms with Crippen molar-refractivity contribution < 1.29 is 0 Å². The minimum atomic E-state index is 0. The van der Waals surface area contributed by atoms with E-state index in [-0.39, 0.29) is 24.8 Å². The van der Waals surface area contributed by atoms with Crippen molar-refractivity contribution in [1.82, 2.24) is 9.88 Å². The van der Waals surface area contributed by atoms with Gasteiger partial charge in [-0.05, 0) is 59.9 Å². The Balaban J connectivity index is 0.00000131. The van der Waals surface area contributed by atoms with E-state index < -0.39 is 0 Å². The van der Waals surface area contributed by atoms with Crippen molar-refractivity contribution in [2.75, 3.05) is 19.6 Å². The maximum Gasteiger partial charge on any atom is 0.0342 e. The highest BCUT2D eigenvalue weighted by molar-refractivity contribution is 5.85. The molecule has 27 heavy (non-hydrogen) atoms. The Hall–Kier alpha value is -1.61. The van der Waals surface area contributed by atoms with Gasteiger partial charge in [-0.2, -0.15) is 0 Å². The average Bonchev–Trinajstić information content (AvgIpc) is 2.70. The Morgan fingerprint density at radius 1 is 0.926 bits per heavy atom. The molecule has 2 aromatic rings. The zero-order valence-corrected chi connectivity index (χ0v) is 17.2. The van der Waals surface area contributed by atoms with Crippen LogP contribution in [0.1, 0.15) is 36.8 Å². The Bertz CT molecular complexity index is 756. The van der Waals surface area contributed by atoms with E-state index in [4.69, 9.17) is 0 Å². The van der Waals surface area contributed by atoms with E-state index in [1.54, 1.807) is 0 Å². The molecule has 1 aliphatic carbocycles. The van der Waals surface area contributed by atoms with Crippen LogP contribution in [0.4, 0.5) is 0 Å². The van der Waals surface area contributed by atoms with Crippen molar-refractivity contribution in [3.8, 4) is 0 Å². The summed E-state index contributed by atoms with van der Waals surface area (Å²) in [6, 6.07) is 15.0. The Kier molecular flexibility index (Phi) is 8.56. The van der Waals surface area contributed by atoms with E-state index >= 15 is 0 Å². The molecule has 144 valence electrons. The summed E-state index contributed by atoms with van der Waals surface area (Å²) in [5, 5.41) is 0. The minimum absolute atomic E-state index is 0. The number of benzene rings is 1. The topological polar surface area (TPSA) is 16.1 Å². The zero-order chi connectivity index (χ0) is 16.9. The maximum atomic E-state index is 4.28. The van der Waals surface area contributed by atoms with Crippen LogP contribution in [0.25, 0.3) is 11.1 Å². The van der Waals surface area contributed by atoms with Crippen LogP contribution in [0.3, 0.4) is 0 Å². The van der Waals surface area contributed by atoms with Crippen LogP contribution >= 0.6 is 24.8 Å². The van der Waals surface area contributed by atoms with Gasteiger partial charge in [0.1, 0.15) is 0 Å². The molecule has 0 N–H and O–H groups in total. The molecule has 0 fully saturated rings. The van der Waals surface area contributed by atoms with Crippen LogP contribution < -0.4 is 0 Å². The third-order valence-electron chi connectivity index (χ3n) is 5.42. The van der Waals surface area contributed by atoms with Crippen molar-refractivity contribution in [2.24, 2.45) is 5.92 Å². The summed E-state index contributed by atoms with van der Waals surface area (Å²) < 4.78 is 0. The van der Waals surface area contributed by atoms with E-state index in [2.05, 4.69) is 58.4 Å². The number of halogens is 2. The first-order valence-electron chi connectivity index (χ1n) is 9.46. The van der Waals surface area contributed by atoms with Gasteiger partial charge in [-0.15, -0.1) is 24.8 Å². The van der Waals surface area contributed by atoms with Gasteiger partial charge in [-0.1, -0.05) is 48.6 Å². The molecule has 0 amide bonds. The fourth-order valence-electron chi connectivity index (χ4n) is 4.07. The molecule has 4 rings (SSSR count). The predicted octanol–water partition coefficient (Wildman–Crippen LogP) is 5.90. The van der Waals surface area contributed by atoms with Gasteiger partial charge in [0, 0.05) is 32.0 Å². The van der Waals surface area contributed by atoms with Crippen LogP contribution in [0.5, 0.6) is 0 Å². The first kappa shape index (κ1) is 21.7. The lowest BCUT2D eigenvalue weighted by Gasteiger charge is -2.31. The number of hydrogen-bond acceptors (Lipinski definition) is 2. The van der Waals surface area contributed by atoms with Crippen LogP contribution in [0.15, 0.2) is 67.0 Å². The molecule has 1 atom stereocenters. The van der Waals surface area contributed by atoms with Gasteiger partial charge >= 0.3 is 0 Å². The second-order valence-corrected chi connectivity index (χ2v) is 7.19. The van der Waals surface area contributed by atoms with E-state index in [0.717, 1.165) is 13.0 Å². The molecule has 0 bridgehead atoms. The lowest BCUT2D eigenvalue weighted by Crippen LogP contribution is -2.33. The second-order valence-electron chi connectivity index (χ2n) is 7.19. The maximum absolute atomic E-state index is 4.28. The molecule has 1 aromatic heterocycles. The molecule has 2 heterocycles. The molecule has 0 saturated heterocycles.